The van der Waals surface area contributed by atoms with E-state index < -0.39 is 11.9 Å². The van der Waals surface area contributed by atoms with Crippen molar-refractivity contribution in [3.63, 3.8) is 0 Å². The zero-order valence-corrected chi connectivity index (χ0v) is 17.0. The third-order valence-corrected chi connectivity index (χ3v) is 4.21. The zero-order chi connectivity index (χ0) is 19.6. The number of esters is 1. The number of benzene rings is 2. The fourth-order valence-corrected chi connectivity index (χ4v) is 2.87. The molecule has 2 rings (SSSR count). The second-order valence-electron chi connectivity index (χ2n) is 5.44. The maximum absolute atomic E-state index is 11.9. The van der Waals surface area contributed by atoms with Crippen molar-refractivity contribution in [2.45, 2.75) is 12.8 Å². The molecule has 0 radical (unpaired) electrons. The number of methoxy groups -OCH3 is 1. The fraction of sp³-hybridized carbons (Fsp3) is 0.263. The van der Waals surface area contributed by atoms with Crippen molar-refractivity contribution in [2.24, 2.45) is 0 Å². The summed E-state index contributed by atoms with van der Waals surface area (Å²) in [5, 5.41) is 3.12. The molecule has 0 aromatic heterocycles. The van der Waals surface area contributed by atoms with Crippen molar-refractivity contribution < 1.29 is 23.8 Å². The summed E-state index contributed by atoms with van der Waals surface area (Å²) in [7, 11) is 1.51. The molecule has 0 aliphatic rings. The van der Waals surface area contributed by atoms with Gasteiger partial charge in [-0.25, -0.2) is 0 Å². The largest absolute Gasteiger partial charge is 0.495 e. The summed E-state index contributed by atoms with van der Waals surface area (Å²) in [6, 6.07) is 12.3. The van der Waals surface area contributed by atoms with Crippen LogP contribution in [0, 0.1) is 0 Å². The maximum Gasteiger partial charge on any atom is 0.306 e. The van der Waals surface area contributed by atoms with Gasteiger partial charge in [0.2, 0.25) is 0 Å². The number of carbonyl (C=O) groups excluding carboxylic acids is 2. The van der Waals surface area contributed by atoms with Crippen LogP contribution in [0.25, 0.3) is 0 Å². The Morgan fingerprint density at radius 3 is 2.67 bits per heavy atom. The number of ether oxygens (including phenoxy) is 3. The Morgan fingerprint density at radius 2 is 1.93 bits per heavy atom. The van der Waals surface area contributed by atoms with Crippen LogP contribution in [0.5, 0.6) is 11.5 Å². The van der Waals surface area contributed by atoms with Gasteiger partial charge in [-0.15, -0.1) is 0 Å². The van der Waals surface area contributed by atoms with E-state index in [4.69, 9.17) is 25.8 Å². The first kappa shape index (κ1) is 21.1. The molecule has 0 atom stereocenters. The van der Waals surface area contributed by atoms with E-state index >= 15 is 0 Å². The van der Waals surface area contributed by atoms with Gasteiger partial charge in [0.1, 0.15) is 11.5 Å². The Hall–Kier alpha value is -2.25. The molecule has 1 amide bonds. The summed E-state index contributed by atoms with van der Waals surface area (Å²) in [5.74, 6) is 0.159. The van der Waals surface area contributed by atoms with Crippen molar-refractivity contribution in [1.29, 1.82) is 0 Å². The van der Waals surface area contributed by atoms with Crippen LogP contribution in [0.2, 0.25) is 5.02 Å². The van der Waals surface area contributed by atoms with Gasteiger partial charge in [0, 0.05) is 10.9 Å². The van der Waals surface area contributed by atoms with Gasteiger partial charge in [-0.3, -0.25) is 9.59 Å². The zero-order valence-electron chi connectivity index (χ0n) is 14.7. The molecule has 2 aromatic carbocycles. The lowest BCUT2D eigenvalue weighted by Crippen LogP contribution is -2.21. The summed E-state index contributed by atoms with van der Waals surface area (Å²) in [5.41, 5.74) is 0.515. The SMILES string of the molecule is COc1ccccc1NC(=O)COC(=O)CCCOc1ccc(Br)cc1Cl. The second kappa shape index (κ2) is 10.8. The highest BCUT2D eigenvalue weighted by molar-refractivity contribution is 9.10. The van der Waals surface area contributed by atoms with Gasteiger partial charge in [0.05, 0.1) is 24.4 Å². The van der Waals surface area contributed by atoms with Crippen LogP contribution in [-0.2, 0) is 14.3 Å². The van der Waals surface area contributed by atoms with Crippen LogP contribution in [0.15, 0.2) is 46.9 Å². The highest BCUT2D eigenvalue weighted by Gasteiger charge is 2.10. The van der Waals surface area contributed by atoms with E-state index in [2.05, 4.69) is 21.2 Å². The standard InChI is InChI=1S/C19H19BrClNO5/c1-25-17-6-3-2-5-15(17)22-18(23)12-27-19(24)7-4-10-26-16-9-8-13(20)11-14(16)21/h2-3,5-6,8-9,11H,4,7,10,12H2,1H3,(H,22,23). The van der Waals surface area contributed by atoms with Gasteiger partial charge in [-0.1, -0.05) is 39.7 Å². The summed E-state index contributed by atoms with van der Waals surface area (Å²) in [4.78, 5) is 23.6. The molecule has 1 N–H and O–H groups in total. The molecule has 2 aromatic rings. The molecule has 0 fully saturated rings. The number of rotatable bonds is 9. The Balaban J connectivity index is 1.66. The lowest BCUT2D eigenvalue weighted by molar-refractivity contribution is -0.147. The van der Waals surface area contributed by atoms with E-state index in [9.17, 15) is 9.59 Å². The van der Waals surface area contributed by atoms with E-state index in [0.717, 1.165) is 4.47 Å². The van der Waals surface area contributed by atoms with Crippen LogP contribution >= 0.6 is 27.5 Å². The first-order valence-corrected chi connectivity index (χ1v) is 9.33. The second-order valence-corrected chi connectivity index (χ2v) is 6.76. The molecule has 0 aliphatic carbocycles. The van der Waals surface area contributed by atoms with E-state index in [1.165, 1.54) is 7.11 Å². The topological polar surface area (TPSA) is 73.9 Å². The molecule has 6 nitrogen and oxygen atoms in total. The van der Waals surface area contributed by atoms with Crippen molar-refractivity contribution in [3.05, 3.63) is 52.0 Å². The highest BCUT2D eigenvalue weighted by Crippen LogP contribution is 2.27. The Morgan fingerprint density at radius 1 is 1.15 bits per heavy atom. The van der Waals surface area contributed by atoms with Crippen LogP contribution in [0.1, 0.15) is 12.8 Å². The van der Waals surface area contributed by atoms with Gasteiger partial charge >= 0.3 is 5.97 Å². The predicted octanol–water partition coefficient (Wildman–Crippen LogP) is 4.45. The van der Waals surface area contributed by atoms with Gasteiger partial charge in [-0.05, 0) is 36.8 Å². The van der Waals surface area contributed by atoms with Crippen molar-refractivity contribution in [3.8, 4) is 11.5 Å². The van der Waals surface area contributed by atoms with Crippen LogP contribution in [-0.4, -0.2) is 32.2 Å². The normalized spacial score (nSPS) is 10.2. The van der Waals surface area contributed by atoms with Crippen molar-refractivity contribution in [2.75, 3.05) is 25.6 Å². The monoisotopic (exact) mass is 455 g/mol. The van der Waals surface area contributed by atoms with Gasteiger partial charge in [-0.2, -0.15) is 0 Å². The number of hydrogen-bond donors (Lipinski definition) is 1. The Labute approximate surface area is 170 Å². The molecular weight excluding hydrogens is 438 g/mol. The molecule has 27 heavy (non-hydrogen) atoms. The summed E-state index contributed by atoms with van der Waals surface area (Å²) >= 11 is 9.36. The van der Waals surface area contributed by atoms with E-state index in [1.807, 2.05) is 6.07 Å². The number of halogens is 2. The highest BCUT2D eigenvalue weighted by atomic mass is 79.9. The smallest absolute Gasteiger partial charge is 0.306 e. The summed E-state index contributed by atoms with van der Waals surface area (Å²) in [6.07, 6.45) is 0.579. The maximum atomic E-state index is 11.9. The average molecular weight is 457 g/mol. The first-order valence-electron chi connectivity index (χ1n) is 8.16. The third-order valence-electron chi connectivity index (χ3n) is 3.42. The number of carbonyl (C=O) groups is 2. The molecule has 0 saturated heterocycles. The molecule has 8 heteroatoms. The van der Waals surface area contributed by atoms with Crippen LogP contribution in [0.4, 0.5) is 5.69 Å². The van der Waals surface area contributed by atoms with Crippen molar-refractivity contribution in [1.82, 2.24) is 0 Å². The predicted molar refractivity (Wildman–Crippen MR) is 106 cm³/mol. The molecule has 144 valence electrons. The third kappa shape index (κ3) is 7.11. The number of para-hydroxylation sites is 2. The quantitative estimate of drug-likeness (QED) is 0.446. The molecule has 0 heterocycles. The van der Waals surface area contributed by atoms with Gasteiger partial charge < -0.3 is 19.5 Å². The fourth-order valence-electron chi connectivity index (χ4n) is 2.14. The minimum atomic E-state index is -0.476. The number of amides is 1. The first-order chi connectivity index (χ1) is 13.0. The molecular formula is C19H19BrClNO5. The molecule has 0 bridgehead atoms. The van der Waals surface area contributed by atoms with E-state index in [-0.39, 0.29) is 13.0 Å². The summed E-state index contributed by atoms with van der Waals surface area (Å²) in [6.45, 7) is -0.0554. The minimum Gasteiger partial charge on any atom is -0.495 e. The van der Waals surface area contributed by atoms with Crippen LogP contribution in [0.3, 0.4) is 0 Å². The van der Waals surface area contributed by atoms with Gasteiger partial charge in [0.15, 0.2) is 6.61 Å². The molecule has 0 saturated carbocycles. The van der Waals surface area contributed by atoms with E-state index in [0.29, 0.717) is 35.2 Å². The number of anilines is 1. The Kier molecular flexibility index (Phi) is 8.42. The molecule has 0 unspecified atom stereocenters. The molecule has 0 aliphatic heterocycles. The minimum absolute atomic E-state index is 0.135. The molecule has 0 spiro atoms. The lowest BCUT2D eigenvalue weighted by Gasteiger charge is -2.10. The lowest BCUT2D eigenvalue weighted by atomic mass is 10.3. The number of nitrogens with one attached hydrogen (secondary N) is 1. The van der Waals surface area contributed by atoms with Crippen molar-refractivity contribution >= 4 is 45.1 Å². The van der Waals surface area contributed by atoms with E-state index in [1.54, 1.807) is 36.4 Å². The summed E-state index contributed by atoms with van der Waals surface area (Å²) < 4.78 is 16.5. The Bertz CT molecular complexity index is 799. The average Bonchev–Trinajstić information content (AvgIpc) is 2.65. The van der Waals surface area contributed by atoms with Crippen LogP contribution < -0.4 is 14.8 Å². The van der Waals surface area contributed by atoms with Gasteiger partial charge in [0.25, 0.3) is 5.91 Å². The number of hydrogen-bond acceptors (Lipinski definition) is 5.